The van der Waals surface area contributed by atoms with Crippen molar-refractivity contribution in [1.29, 1.82) is 0 Å². The van der Waals surface area contributed by atoms with Crippen molar-refractivity contribution in [2.45, 2.75) is 84.6 Å². The Hall–Kier alpha value is -0.570. The lowest BCUT2D eigenvalue weighted by Gasteiger charge is -2.14. The number of carbonyl (C=O) groups is 1. The zero-order valence-corrected chi connectivity index (χ0v) is 13.2. The molecule has 0 aromatic rings. The summed E-state index contributed by atoms with van der Waals surface area (Å²) < 4.78 is 0. The number of rotatable bonds is 12. The first kappa shape index (κ1) is 18.4. The Morgan fingerprint density at radius 3 is 2.05 bits per heavy atom. The van der Waals surface area contributed by atoms with Crippen LogP contribution in [0.25, 0.3) is 0 Å². The van der Waals surface area contributed by atoms with E-state index in [0.717, 1.165) is 19.4 Å². The van der Waals surface area contributed by atoms with E-state index in [1.54, 1.807) is 0 Å². The fraction of sp³-hybridized carbons (Fsp3) is 0.938. The molecule has 0 rings (SSSR count). The second-order valence-corrected chi connectivity index (χ2v) is 6.00. The van der Waals surface area contributed by atoms with Crippen molar-refractivity contribution in [3.05, 3.63) is 0 Å². The van der Waals surface area contributed by atoms with Crippen LogP contribution < -0.4 is 11.1 Å². The van der Waals surface area contributed by atoms with Crippen LogP contribution in [0.4, 0.5) is 0 Å². The molecule has 0 heterocycles. The SMILES string of the molecule is CCCCCCCCCCNC(=O)[C@@H](N)CC(C)C. The molecule has 0 aromatic carbocycles. The number of hydrogen-bond donors (Lipinski definition) is 2. The summed E-state index contributed by atoms with van der Waals surface area (Å²) >= 11 is 0. The molecule has 0 aliphatic carbocycles. The molecular formula is C16H34N2O. The van der Waals surface area contributed by atoms with Gasteiger partial charge in [0, 0.05) is 6.54 Å². The van der Waals surface area contributed by atoms with Gasteiger partial charge in [-0.3, -0.25) is 4.79 Å². The molecule has 3 N–H and O–H groups in total. The maximum atomic E-state index is 11.6. The lowest BCUT2D eigenvalue weighted by molar-refractivity contribution is -0.122. The highest BCUT2D eigenvalue weighted by molar-refractivity contribution is 5.81. The molecule has 1 atom stereocenters. The quantitative estimate of drug-likeness (QED) is 0.532. The van der Waals surface area contributed by atoms with E-state index in [4.69, 9.17) is 5.73 Å². The van der Waals surface area contributed by atoms with Crippen LogP contribution in [0.1, 0.15) is 78.6 Å². The van der Waals surface area contributed by atoms with Crippen molar-refractivity contribution in [2.24, 2.45) is 11.7 Å². The van der Waals surface area contributed by atoms with Gasteiger partial charge in [0.15, 0.2) is 0 Å². The zero-order valence-electron chi connectivity index (χ0n) is 13.2. The Morgan fingerprint density at radius 1 is 1.00 bits per heavy atom. The molecule has 0 saturated carbocycles. The minimum Gasteiger partial charge on any atom is -0.355 e. The Kier molecular flexibility index (Phi) is 12.1. The topological polar surface area (TPSA) is 55.1 Å². The van der Waals surface area contributed by atoms with E-state index in [1.165, 1.54) is 44.9 Å². The number of nitrogens with two attached hydrogens (primary N) is 1. The predicted molar refractivity (Wildman–Crippen MR) is 83.1 cm³/mol. The van der Waals surface area contributed by atoms with E-state index >= 15 is 0 Å². The lowest BCUT2D eigenvalue weighted by Crippen LogP contribution is -2.41. The minimum absolute atomic E-state index is 0.0108. The van der Waals surface area contributed by atoms with Gasteiger partial charge in [0.1, 0.15) is 0 Å². The highest BCUT2D eigenvalue weighted by Gasteiger charge is 2.13. The van der Waals surface area contributed by atoms with Crippen molar-refractivity contribution >= 4 is 5.91 Å². The smallest absolute Gasteiger partial charge is 0.236 e. The fourth-order valence-electron chi connectivity index (χ4n) is 2.22. The van der Waals surface area contributed by atoms with Crippen LogP contribution in [0.15, 0.2) is 0 Å². The number of amides is 1. The molecule has 3 heteroatoms. The molecule has 0 unspecified atom stereocenters. The van der Waals surface area contributed by atoms with Gasteiger partial charge in [-0.2, -0.15) is 0 Å². The summed E-state index contributed by atoms with van der Waals surface area (Å²) in [6.45, 7) is 7.20. The molecule has 0 aliphatic rings. The molecular weight excluding hydrogens is 236 g/mol. The number of unbranched alkanes of at least 4 members (excludes halogenated alkanes) is 7. The third kappa shape index (κ3) is 12.2. The molecule has 0 aliphatic heterocycles. The zero-order chi connectivity index (χ0) is 14.5. The standard InChI is InChI=1S/C16H34N2O/c1-4-5-6-7-8-9-10-11-12-18-16(19)15(17)13-14(2)3/h14-15H,4-13,17H2,1-3H3,(H,18,19)/t15-/m0/s1. The van der Waals surface area contributed by atoms with Crippen molar-refractivity contribution in [2.75, 3.05) is 6.54 Å². The van der Waals surface area contributed by atoms with E-state index in [-0.39, 0.29) is 11.9 Å². The van der Waals surface area contributed by atoms with Gasteiger partial charge in [-0.15, -0.1) is 0 Å². The summed E-state index contributed by atoms with van der Waals surface area (Å²) in [6, 6.07) is -0.339. The van der Waals surface area contributed by atoms with E-state index in [1.807, 2.05) is 0 Å². The predicted octanol–water partition coefficient (Wildman–Crippen LogP) is 3.62. The molecule has 0 spiro atoms. The monoisotopic (exact) mass is 270 g/mol. The fourth-order valence-corrected chi connectivity index (χ4v) is 2.22. The van der Waals surface area contributed by atoms with Crippen LogP contribution in [-0.2, 0) is 4.79 Å². The third-order valence-electron chi connectivity index (χ3n) is 3.39. The van der Waals surface area contributed by atoms with Gasteiger partial charge < -0.3 is 11.1 Å². The first-order valence-electron chi connectivity index (χ1n) is 8.11. The molecule has 0 saturated heterocycles. The van der Waals surface area contributed by atoms with Crippen LogP contribution in [0.3, 0.4) is 0 Å². The lowest BCUT2D eigenvalue weighted by atomic mass is 10.0. The molecule has 1 amide bonds. The van der Waals surface area contributed by atoms with Crippen molar-refractivity contribution < 1.29 is 4.79 Å². The minimum atomic E-state index is -0.339. The van der Waals surface area contributed by atoms with Crippen molar-refractivity contribution in [1.82, 2.24) is 5.32 Å². The van der Waals surface area contributed by atoms with Gasteiger partial charge in [-0.25, -0.2) is 0 Å². The highest BCUT2D eigenvalue weighted by atomic mass is 16.2. The average molecular weight is 270 g/mol. The molecule has 19 heavy (non-hydrogen) atoms. The maximum Gasteiger partial charge on any atom is 0.236 e. The Labute approximate surface area is 119 Å². The van der Waals surface area contributed by atoms with E-state index in [9.17, 15) is 4.79 Å². The average Bonchev–Trinajstić information content (AvgIpc) is 2.35. The summed E-state index contributed by atoms with van der Waals surface area (Å²) in [6.07, 6.45) is 11.1. The first-order chi connectivity index (χ1) is 9.07. The van der Waals surface area contributed by atoms with Crippen molar-refractivity contribution in [3.63, 3.8) is 0 Å². The van der Waals surface area contributed by atoms with Crippen LogP contribution in [0, 0.1) is 5.92 Å². The van der Waals surface area contributed by atoms with Crippen LogP contribution in [-0.4, -0.2) is 18.5 Å². The summed E-state index contributed by atoms with van der Waals surface area (Å²) in [4.78, 5) is 11.6. The van der Waals surface area contributed by atoms with E-state index in [2.05, 4.69) is 26.1 Å². The second-order valence-electron chi connectivity index (χ2n) is 6.00. The Balaban J connectivity index is 3.32. The van der Waals surface area contributed by atoms with Gasteiger partial charge in [0.25, 0.3) is 0 Å². The van der Waals surface area contributed by atoms with Gasteiger partial charge in [0.05, 0.1) is 6.04 Å². The normalized spacial score (nSPS) is 12.7. The second kappa shape index (κ2) is 12.5. The van der Waals surface area contributed by atoms with E-state index in [0.29, 0.717) is 5.92 Å². The molecule has 0 bridgehead atoms. The van der Waals surface area contributed by atoms with Gasteiger partial charge in [0.2, 0.25) is 5.91 Å². The Morgan fingerprint density at radius 2 is 1.53 bits per heavy atom. The highest BCUT2D eigenvalue weighted by Crippen LogP contribution is 2.08. The molecule has 114 valence electrons. The van der Waals surface area contributed by atoms with Crippen LogP contribution >= 0.6 is 0 Å². The largest absolute Gasteiger partial charge is 0.355 e. The molecule has 0 fully saturated rings. The van der Waals surface area contributed by atoms with Crippen molar-refractivity contribution in [3.8, 4) is 0 Å². The first-order valence-corrected chi connectivity index (χ1v) is 8.11. The summed E-state index contributed by atoms with van der Waals surface area (Å²) in [5.74, 6) is 0.487. The summed E-state index contributed by atoms with van der Waals surface area (Å²) in [5, 5.41) is 2.94. The maximum absolute atomic E-state index is 11.6. The number of carbonyl (C=O) groups excluding carboxylic acids is 1. The van der Waals surface area contributed by atoms with Gasteiger partial charge in [-0.1, -0.05) is 65.7 Å². The molecule has 3 nitrogen and oxygen atoms in total. The summed E-state index contributed by atoms with van der Waals surface area (Å²) in [7, 11) is 0. The van der Waals surface area contributed by atoms with E-state index < -0.39 is 0 Å². The third-order valence-corrected chi connectivity index (χ3v) is 3.39. The van der Waals surface area contributed by atoms with Gasteiger partial charge in [-0.05, 0) is 18.8 Å². The van der Waals surface area contributed by atoms with Crippen LogP contribution in [0.2, 0.25) is 0 Å². The number of hydrogen-bond acceptors (Lipinski definition) is 2. The molecule has 0 aromatic heterocycles. The van der Waals surface area contributed by atoms with Crippen LogP contribution in [0.5, 0.6) is 0 Å². The summed E-state index contributed by atoms with van der Waals surface area (Å²) in [5.41, 5.74) is 5.82. The Bertz CT molecular complexity index is 217. The molecule has 0 radical (unpaired) electrons. The van der Waals surface area contributed by atoms with Gasteiger partial charge >= 0.3 is 0 Å². The number of nitrogens with one attached hydrogen (secondary N) is 1.